The van der Waals surface area contributed by atoms with E-state index in [4.69, 9.17) is 4.74 Å². The molecule has 0 aliphatic rings. The number of aromatic nitrogens is 5. The summed E-state index contributed by atoms with van der Waals surface area (Å²) < 4.78 is 6.62. The quantitative estimate of drug-likeness (QED) is 0.743. The van der Waals surface area contributed by atoms with Crippen molar-refractivity contribution < 1.29 is 4.74 Å². The van der Waals surface area contributed by atoms with Crippen molar-refractivity contribution in [1.82, 2.24) is 30.0 Å². The standard InChI is InChI=1S/C11H16N6O/c1-9(12-6-7-18-2)10-15-8-16-17(10)11-13-4-3-5-14-11/h3-5,8-9,12H,6-7H2,1-2H3. The molecule has 0 amide bonds. The summed E-state index contributed by atoms with van der Waals surface area (Å²) >= 11 is 0. The molecule has 0 radical (unpaired) electrons. The van der Waals surface area contributed by atoms with Crippen molar-refractivity contribution in [3.8, 4) is 5.95 Å². The van der Waals surface area contributed by atoms with Crippen LogP contribution in [0.4, 0.5) is 0 Å². The Labute approximate surface area is 105 Å². The van der Waals surface area contributed by atoms with Crippen molar-refractivity contribution in [3.05, 3.63) is 30.6 Å². The highest BCUT2D eigenvalue weighted by Gasteiger charge is 2.14. The minimum atomic E-state index is 0.0476. The number of nitrogens with one attached hydrogen (secondary N) is 1. The number of hydrogen-bond donors (Lipinski definition) is 1. The second-order valence-corrected chi connectivity index (χ2v) is 3.75. The summed E-state index contributed by atoms with van der Waals surface area (Å²) in [6.45, 7) is 3.42. The van der Waals surface area contributed by atoms with Gasteiger partial charge in [0.2, 0.25) is 0 Å². The molecule has 0 aliphatic heterocycles. The highest BCUT2D eigenvalue weighted by atomic mass is 16.5. The zero-order valence-electron chi connectivity index (χ0n) is 10.4. The fourth-order valence-electron chi connectivity index (χ4n) is 1.57. The van der Waals surface area contributed by atoms with Crippen LogP contribution in [0, 0.1) is 0 Å². The molecule has 2 heterocycles. The second kappa shape index (κ2) is 6.18. The van der Waals surface area contributed by atoms with E-state index in [0.717, 1.165) is 12.4 Å². The molecule has 18 heavy (non-hydrogen) atoms. The van der Waals surface area contributed by atoms with Crippen LogP contribution in [0.2, 0.25) is 0 Å². The molecule has 0 spiro atoms. The van der Waals surface area contributed by atoms with Crippen LogP contribution in [-0.2, 0) is 4.74 Å². The number of nitrogens with zero attached hydrogens (tertiary/aromatic N) is 5. The summed E-state index contributed by atoms with van der Waals surface area (Å²) in [4.78, 5) is 12.6. The minimum Gasteiger partial charge on any atom is -0.383 e. The van der Waals surface area contributed by atoms with E-state index >= 15 is 0 Å². The lowest BCUT2D eigenvalue weighted by atomic mass is 10.3. The molecular weight excluding hydrogens is 232 g/mol. The first-order chi connectivity index (χ1) is 8.83. The van der Waals surface area contributed by atoms with E-state index in [-0.39, 0.29) is 6.04 Å². The largest absolute Gasteiger partial charge is 0.383 e. The van der Waals surface area contributed by atoms with Gasteiger partial charge in [-0.2, -0.15) is 9.78 Å². The summed E-state index contributed by atoms with van der Waals surface area (Å²) in [7, 11) is 1.67. The Bertz CT molecular complexity index is 471. The van der Waals surface area contributed by atoms with Gasteiger partial charge in [-0.15, -0.1) is 0 Å². The van der Waals surface area contributed by atoms with Gasteiger partial charge in [-0.05, 0) is 13.0 Å². The number of methoxy groups -OCH3 is 1. The highest BCUT2D eigenvalue weighted by molar-refractivity contribution is 5.11. The Morgan fingerprint density at radius 2 is 2.11 bits per heavy atom. The first kappa shape index (κ1) is 12.6. The van der Waals surface area contributed by atoms with Crippen LogP contribution in [-0.4, -0.2) is 45.0 Å². The fraction of sp³-hybridized carbons (Fsp3) is 0.455. The third kappa shape index (κ3) is 2.88. The van der Waals surface area contributed by atoms with Gasteiger partial charge in [-0.1, -0.05) is 0 Å². The molecule has 1 N–H and O–H groups in total. The molecule has 0 bridgehead atoms. The summed E-state index contributed by atoms with van der Waals surface area (Å²) in [5.41, 5.74) is 0. The van der Waals surface area contributed by atoms with E-state index in [9.17, 15) is 0 Å². The van der Waals surface area contributed by atoms with Gasteiger partial charge in [0.05, 0.1) is 12.6 Å². The topological polar surface area (TPSA) is 77.8 Å². The van der Waals surface area contributed by atoms with E-state index in [1.165, 1.54) is 6.33 Å². The summed E-state index contributed by atoms with van der Waals surface area (Å²) in [5, 5.41) is 7.44. The molecule has 96 valence electrons. The van der Waals surface area contributed by atoms with Gasteiger partial charge >= 0.3 is 0 Å². The minimum absolute atomic E-state index is 0.0476. The SMILES string of the molecule is COCCNC(C)c1ncnn1-c1ncccn1. The molecule has 7 nitrogen and oxygen atoms in total. The third-order valence-electron chi connectivity index (χ3n) is 2.46. The van der Waals surface area contributed by atoms with Crippen LogP contribution in [0.25, 0.3) is 5.95 Å². The monoisotopic (exact) mass is 248 g/mol. The van der Waals surface area contributed by atoms with Gasteiger partial charge in [-0.3, -0.25) is 0 Å². The van der Waals surface area contributed by atoms with Crippen molar-refractivity contribution in [2.75, 3.05) is 20.3 Å². The van der Waals surface area contributed by atoms with Crippen LogP contribution < -0.4 is 5.32 Å². The molecule has 1 atom stereocenters. The number of hydrogen-bond acceptors (Lipinski definition) is 6. The lowest BCUT2D eigenvalue weighted by Crippen LogP contribution is -2.25. The zero-order chi connectivity index (χ0) is 12.8. The normalized spacial score (nSPS) is 12.6. The maximum Gasteiger partial charge on any atom is 0.252 e. The predicted molar refractivity (Wildman–Crippen MR) is 65.2 cm³/mol. The van der Waals surface area contributed by atoms with Crippen LogP contribution in [0.5, 0.6) is 0 Å². The van der Waals surface area contributed by atoms with Crippen molar-refractivity contribution in [2.45, 2.75) is 13.0 Å². The Morgan fingerprint density at radius 1 is 1.33 bits per heavy atom. The molecule has 0 saturated heterocycles. The summed E-state index contributed by atoms with van der Waals surface area (Å²) in [6, 6.07) is 1.81. The van der Waals surface area contributed by atoms with E-state index in [2.05, 4.69) is 25.4 Å². The van der Waals surface area contributed by atoms with Crippen molar-refractivity contribution in [3.63, 3.8) is 0 Å². The molecule has 0 fully saturated rings. The van der Waals surface area contributed by atoms with E-state index in [1.54, 1.807) is 30.3 Å². The van der Waals surface area contributed by atoms with Gasteiger partial charge < -0.3 is 10.1 Å². The van der Waals surface area contributed by atoms with Gasteiger partial charge in [0.25, 0.3) is 5.95 Å². The molecule has 1 unspecified atom stereocenters. The van der Waals surface area contributed by atoms with E-state index in [1.807, 2.05) is 6.92 Å². The summed E-state index contributed by atoms with van der Waals surface area (Å²) in [6.07, 6.45) is 4.85. The van der Waals surface area contributed by atoms with Crippen molar-refractivity contribution in [1.29, 1.82) is 0 Å². The molecule has 7 heteroatoms. The predicted octanol–water partition coefficient (Wildman–Crippen LogP) is 0.354. The van der Waals surface area contributed by atoms with Crippen molar-refractivity contribution >= 4 is 0 Å². The van der Waals surface area contributed by atoms with E-state index in [0.29, 0.717) is 12.6 Å². The first-order valence-electron chi connectivity index (χ1n) is 5.72. The molecule has 0 aromatic carbocycles. The highest BCUT2D eigenvalue weighted by Crippen LogP contribution is 2.10. The first-order valence-corrected chi connectivity index (χ1v) is 5.72. The molecule has 0 aliphatic carbocycles. The lowest BCUT2D eigenvalue weighted by molar-refractivity contribution is 0.196. The molecule has 0 saturated carbocycles. The van der Waals surface area contributed by atoms with Gasteiger partial charge in [-0.25, -0.2) is 15.0 Å². The second-order valence-electron chi connectivity index (χ2n) is 3.75. The maximum atomic E-state index is 4.99. The zero-order valence-corrected chi connectivity index (χ0v) is 10.4. The maximum absolute atomic E-state index is 4.99. The Morgan fingerprint density at radius 3 is 2.83 bits per heavy atom. The van der Waals surface area contributed by atoms with Gasteiger partial charge in [0.15, 0.2) is 5.82 Å². The Balaban J connectivity index is 2.12. The van der Waals surface area contributed by atoms with Crippen LogP contribution in [0.15, 0.2) is 24.8 Å². The van der Waals surface area contributed by atoms with E-state index < -0.39 is 0 Å². The average molecular weight is 248 g/mol. The van der Waals surface area contributed by atoms with Crippen LogP contribution in [0.1, 0.15) is 18.8 Å². The molecule has 2 aromatic heterocycles. The van der Waals surface area contributed by atoms with Gasteiger partial charge in [0.1, 0.15) is 6.33 Å². The lowest BCUT2D eigenvalue weighted by Gasteiger charge is -2.13. The van der Waals surface area contributed by atoms with Crippen LogP contribution in [0.3, 0.4) is 0 Å². The number of rotatable bonds is 6. The summed E-state index contributed by atoms with van der Waals surface area (Å²) in [5.74, 6) is 1.29. The van der Waals surface area contributed by atoms with Gasteiger partial charge in [0, 0.05) is 26.0 Å². The van der Waals surface area contributed by atoms with Crippen LogP contribution >= 0.6 is 0 Å². The Kier molecular flexibility index (Phi) is 4.32. The Hall–Kier alpha value is -1.86. The molecular formula is C11H16N6O. The smallest absolute Gasteiger partial charge is 0.252 e. The third-order valence-corrected chi connectivity index (χ3v) is 2.46. The fourth-order valence-corrected chi connectivity index (χ4v) is 1.57. The molecule has 2 rings (SSSR count). The molecule has 2 aromatic rings. The number of ether oxygens (including phenoxy) is 1. The average Bonchev–Trinajstić information content (AvgIpc) is 2.89. The van der Waals surface area contributed by atoms with Crippen molar-refractivity contribution in [2.24, 2.45) is 0 Å².